The third-order valence-corrected chi connectivity index (χ3v) is 6.60. The van der Waals surface area contributed by atoms with Crippen LogP contribution in [0.25, 0.3) is 11.1 Å². The zero-order valence-corrected chi connectivity index (χ0v) is 21.6. The molecule has 0 saturated carbocycles. The van der Waals surface area contributed by atoms with E-state index in [4.69, 9.17) is 10.5 Å². The number of benzene rings is 4. The first-order chi connectivity index (χ1) is 17.4. The Balaban J connectivity index is 1.88. The van der Waals surface area contributed by atoms with E-state index >= 15 is 0 Å². The van der Waals surface area contributed by atoms with Crippen molar-refractivity contribution >= 4 is 17.1 Å². The average molecular weight is 478 g/mol. The van der Waals surface area contributed by atoms with E-state index in [9.17, 15) is 0 Å². The summed E-state index contributed by atoms with van der Waals surface area (Å²) in [7, 11) is 1.69. The number of nitrogens with two attached hydrogens (primary N) is 1. The van der Waals surface area contributed by atoms with E-state index in [1.54, 1.807) is 13.3 Å². The van der Waals surface area contributed by atoms with Gasteiger partial charge in [0.25, 0.3) is 0 Å². The maximum atomic E-state index is 6.39. The van der Waals surface area contributed by atoms with Gasteiger partial charge in [0.1, 0.15) is 5.75 Å². The number of para-hydroxylation sites is 1. The number of nitrogen functional groups attached to an aromatic ring is 1. The minimum atomic E-state index is 0.692. The van der Waals surface area contributed by atoms with Crippen molar-refractivity contribution in [1.82, 2.24) is 0 Å². The van der Waals surface area contributed by atoms with Crippen LogP contribution in [-0.2, 0) is 13.1 Å². The molecule has 3 N–H and O–H groups in total. The van der Waals surface area contributed by atoms with Gasteiger partial charge in [-0.3, -0.25) is 0 Å². The first-order valence-corrected chi connectivity index (χ1v) is 12.2. The van der Waals surface area contributed by atoms with Gasteiger partial charge in [0.2, 0.25) is 0 Å². The molecule has 4 aromatic rings. The number of hydrogen-bond acceptors (Lipinski definition) is 4. The Bertz CT molecular complexity index is 1340. The predicted octanol–water partition coefficient (Wildman–Crippen LogP) is 7.63. The Morgan fingerprint density at radius 1 is 0.833 bits per heavy atom. The number of hydrogen-bond donors (Lipinski definition) is 2. The lowest BCUT2D eigenvalue weighted by Gasteiger charge is -2.31. The SMILES string of the molecule is C=CNc1cc(N)cc(-c2ccccc2C)c1CN(Cc1ccc(OC)cc1)c1c(C)cccc1C. The fourth-order valence-electron chi connectivity index (χ4n) is 4.88. The highest BCUT2D eigenvalue weighted by molar-refractivity contribution is 5.81. The molecule has 36 heavy (non-hydrogen) atoms. The van der Waals surface area contributed by atoms with E-state index in [-0.39, 0.29) is 0 Å². The summed E-state index contributed by atoms with van der Waals surface area (Å²) < 4.78 is 5.38. The molecule has 4 nitrogen and oxygen atoms in total. The molecule has 0 unspecified atom stereocenters. The maximum absolute atomic E-state index is 6.39. The van der Waals surface area contributed by atoms with Crippen LogP contribution >= 0.6 is 0 Å². The van der Waals surface area contributed by atoms with Crippen molar-refractivity contribution in [3.63, 3.8) is 0 Å². The molecule has 0 amide bonds. The molecule has 0 radical (unpaired) electrons. The lowest BCUT2D eigenvalue weighted by molar-refractivity contribution is 0.414. The third-order valence-electron chi connectivity index (χ3n) is 6.60. The molecule has 4 heteroatoms. The van der Waals surface area contributed by atoms with Gasteiger partial charge in [-0.25, -0.2) is 0 Å². The van der Waals surface area contributed by atoms with E-state index in [2.05, 4.69) is 98.2 Å². The van der Waals surface area contributed by atoms with Gasteiger partial charge in [0.05, 0.1) is 7.11 Å². The molecular formula is C32H35N3O. The molecule has 0 aliphatic heterocycles. The number of methoxy groups -OCH3 is 1. The summed E-state index contributed by atoms with van der Waals surface area (Å²) in [6.45, 7) is 11.9. The lowest BCUT2D eigenvalue weighted by atomic mass is 9.93. The van der Waals surface area contributed by atoms with Gasteiger partial charge in [0, 0.05) is 35.7 Å². The number of anilines is 3. The van der Waals surface area contributed by atoms with E-state index in [1.807, 2.05) is 18.2 Å². The molecule has 184 valence electrons. The van der Waals surface area contributed by atoms with Crippen molar-refractivity contribution in [3.8, 4) is 16.9 Å². The zero-order chi connectivity index (χ0) is 25.7. The van der Waals surface area contributed by atoms with Crippen LogP contribution in [0.15, 0.2) is 91.6 Å². The van der Waals surface area contributed by atoms with Gasteiger partial charge in [-0.15, -0.1) is 0 Å². The van der Waals surface area contributed by atoms with Gasteiger partial charge in [-0.1, -0.05) is 61.2 Å². The van der Waals surface area contributed by atoms with Gasteiger partial charge in [-0.2, -0.15) is 0 Å². The average Bonchev–Trinajstić information content (AvgIpc) is 2.86. The smallest absolute Gasteiger partial charge is 0.118 e. The van der Waals surface area contributed by atoms with Crippen molar-refractivity contribution < 1.29 is 4.74 Å². The van der Waals surface area contributed by atoms with E-state index in [1.165, 1.54) is 39.1 Å². The van der Waals surface area contributed by atoms with Crippen molar-refractivity contribution in [2.75, 3.05) is 23.1 Å². The van der Waals surface area contributed by atoms with Crippen LogP contribution in [0.3, 0.4) is 0 Å². The standard InChI is InChI=1S/C32H35N3O/c1-6-34-31-19-26(33)18-29(28-13-8-7-10-22(28)2)30(31)21-35(32-23(3)11-9-12-24(32)4)20-25-14-16-27(36-5)17-15-25/h6-19,34H,1,20-21,33H2,2-5H3. The molecule has 0 saturated heterocycles. The summed E-state index contributed by atoms with van der Waals surface area (Å²) >= 11 is 0. The highest BCUT2D eigenvalue weighted by atomic mass is 16.5. The number of ether oxygens (including phenoxy) is 1. The fourth-order valence-corrected chi connectivity index (χ4v) is 4.88. The number of rotatable bonds is 9. The Labute approximate surface area is 215 Å². The van der Waals surface area contributed by atoms with Gasteiger partial charge in [-0.05, 0) is 84.6 Å². The Hall–Kier alpha value is -4.18. The number of nitrogens with one attached hydrogen (secondary N) is 1. The van der Waals surface area contributed by atoms with Crippen LogP contribution in [0.5, 0.6) is 5.75 Å². The second-order valence-electron chi connectivity index (χ2n) is 9.20. The second-order valence-corrected chi connectivity index (χ2v) is 9.20. The Morgan fingerprint density at radius 3 is 2.14 bits per heavy atom. The van der Waals surface area contributed by atoms with Crippen LogP contribution in [0, 0.1) is 20.8 Å². The fraction of sp³-hybridized carbons (Fsp3) is 0.188. The molecule has 0 spiro atoms. The topological polar surface area (TPSA) is 50.5 Å². The van der Waals surface area contributed by atoms with Crippen LogP contribution in [0.1, 0.15) is 27.8 Å². The highest BCUT2D eigenvalue weighted by Gasteiger charge is 2.20. The van der Waals surface area contributed by atoms with Gasteiger partial charge >= 0.3 is 0 Å². The summed E-state index contributed by atoms with van der Waals surface area (Å²) in [5, 5.41) is 3.35. The van der Waals surface area contributed by atoms with Gasteiger partial charge in [0.15, 0.2) is 0 Å². The monoisotopic (exact) mass is 477 g/mol. The Morgan fingerprint density at radius 2 is 1.50 bits per heavy atom. The normalized spacial score (nSPS) is 10.7. The first-order valence-electron chi connectivity index (χ1n) is 12.2. The molecule has 4 rings (SSSR count). The van der Waals surface area contributed by atoms with E-state index in [0.29, 0.717) is 6.54 Å². The van der Waals surface area contributed by atoms with Gasteiger partial charge < -0.3 is 20.7 Å². The van der Waals surface area contributed by atoms with E-state index < -0.39 is 0 Å². The molecule has 0 aromatic heterocycles. The van der Waals surface area contributed by atoms with Crippen molar-refractivity contribution in [2.45, 2.75) is 33.9 Å². The minimum absolute atomic E-state index is 0.692. The molecule has 0 aliphatic rings. The minimum Gasteiger partial charge on any atom is -0.497 e. The lowest BCUT2D eigenvalue weighted by Crippen LogP contribution is -2.25. The van der Waals surface area contributed by atoms with E-state index in [0.717, 1.165) is 29.2 Å². The number of nitrogens with zero attached hydrogens (tertiary/aromatic N) is 1. The molecule has 0 atom stereocenters. The summed E-state index contributed by atoms with van der Waals surface area (Å²) in [4.78, 5) is 2.45. The van der Waals surface area contributed by atoms with Crippen LogP contribution in [0.2, 0.25) is 0 Å². The molecule has 0 bridgehead atoms. The largest absolute Gasteiger partial charge is 0.497 e. The van der Waals surface area contributed by atoms with Crippen molar-refractivity contribution in [2.24, 2.45) is 0 Å². The third kappa shape index (κ3) is 5.38. The summed E-state index contributed by atoms with van der Waals surface area (Å²) in [6, 6.07) is 27.3. The summed E-state index contributed by atoms with van der Waals surface area (Å²) in [6.07, 6.45) is 1.72. The summed E-state index contributed by atoms with van der Waals surface area (Å²) in [5.41, 5.74) is 17.7. The Kier molecular flexibility index (Phi) is 7.65. The zero-order valence-electron chi connectivity index (χ0n) is 21.6. The van der Waals surface area contributed by atoms with Crippen molar-refractivity contribution in [1.29, 1.82) is 0 Å². The summed E-state index contributed by atoms with van der Waals surface area (Å²) in [5.74, 6) is 0.857. The van der Waals surface area contributed by atoms with Crippen LogP contribution in [0.4, 0.5) is 17.1 Å². The van der Waals surface area contributed by atoms with Crippen LogP contribution < -0.4 is 20.7 Å². The predicted molar refractivity (Wildman–Crippen MR) is 154 cm³/mol. The van der Waals surface area contributed by atoms with Crippen LogP contribution in [-0.4, -0.2) is 7.11 Å². The molecular weight excluding hydrogens is 442 g/mol. The number of aryl methyl sites for hydroxylation is 3. The highest BCUT2D eigenvalue weighted by Crippen LogP contribution is 2.37. The second kappa shape index (κ2) is 11.0. The molecule has 0 fully saturated rings. The maximum Gasteiger partial charge on any atom is 0.118 e. The van der Waals surface area contributed by atoms with Crippen molar-refractivity contribution in [3.05, 3.63) is 119 Å². The molecule has 4 aromatic carbocycles. The quantitative estimate of drug-likeness (QED) is 0.243. The molecule has 0 aliphatic carbocycles. The first kappa shape index (κ1) is 24.9. The molecule has 0 heterocycles.